The number of nitrogens with one attached hydrogen (secondary N) is 1. The predicted octanol–water partition coefficient (Wildman–Crippen LogP) is -1.03. The van der Waals surface area contributed by atoms with Crippen LogP contribution in [0, 0.1) is 12.3 Å². The minimum atomic E-state index is -0.284. The molecule has 0 saturated carbocycles. The molecule has 0 bridgehead atoms. The second-order valence-electron chi connectivity index (χ2n) is 2.72. The van der Waals surface area contributed by atoms with Crippen LogP contribution in [0.15, 0.2) is 0 Å². The molecule has 0 radical (unpaired) electrons. The summed E-state index contributed by atoms with van der Waals surface area (Å²) in [6.45, 7) is 2.19. The first-order valence-electron chi connectivity index (χ1n) is 3.66. The maximum atomic E-state index is 10.9. The zero-order valence-corrected chi connectivity index (χ0v) is 6.83. The highest BCUT2D eigenvalue weighted by Crippen LogP contribution is 2.00. The molecule has 1 fully saturated rings. The summed E-state index contributed by atoms with van der Waals surface area (Å²) in [7, 11) is 0. The lowest BCUT2D eigenvalue weighted by molar-refractivity contribution is -0.136. The molecule has 1 saturated heterocycles. The molecule has 1 heterocycles. The summed E-state index contributed by atoms with van der Waals surface area (Å²) >= 11 is 0. The van der Waals surface area contributed by atoms with Gasteiger partial charge in [-0.1, -0.05) is 5.92 Å². The molecule has 1 atom stereocenters. The molecule has 1 aliphatic rings. The summed E-state index contributed by atoms with van der Waals surface area (Å²) in [5.74, 6) is 1.90. The van der Waals surface area contributed by atoms with E-state index in [9.17, 15) is 9.59 Å². The van der Waals surface area contributed by atoms with Gasteiger partial charge >= 0.3 is 0 Å². The normalized spacial score (nSPS) is 21.3. The van der Waals surface area contributed by atoms with Crippen molar-refractivity contribution in [3.63, 3.8) is 0 Å². The summed E-state index contributed by atoms with van der Waals surface area (Å²) in [5, 5.41) is 2.20. The molecule has 0 spiro atoms. The van der Waals surface area contributed by atoms with E-state index in [0.29, 0.717) is 0 Å². The second kappa shape index (κ2) is 3.37. The molecular weight excluding hydrogens is 156 g/mol. The third-order valence-electron chi connectivity index (χ3n) is 1.76. The Morgan fingerprint density at radius 2 is 2.00 bits per heavy atom. The summed E-state index contributed by atoms with van der Waals surface area (Å²) < 4.78 is 0. The first-order chi connectivity index (χ1) is 5.63. The van der Waals surface area contributed by atoms with Crippen LogP contribution in [-0.2, 0) is 9.59 Å². The van der Waals surface area contributed by atoms with E-state index >= 15 is 0 Å². The van der Waals surface area contributed by atoms with E-state index in [4.69, 9.17) is 6.42 Å². The van der Waals surface area contributed by atoms with Crippen LogP contribution in [0.5, 0.6) is 0 Å². The van der Waals surface area contributed by atoms with Crippen LogP contribution in [0.1, 0.15) is 6.92 Å². The smallest absolute Gasteiger partial charge is 0.240 e. The second-order valence-corrected chi connectivity index (χ2v) is 2.72. The molecule has 1 aliphatic heterocycles. The Hall–Kier alpha value is -1.34. The van der Waals surface area contributed by atoms with Crippen LogP contribution >= 0.6 is 0 Å². The quantitative estimate of drug-likeness (QED) is 0.400. The Morgan fingerprint density at radius 1 is 1.50 bits per heavy atom. The van der Waals surface area contributed by atoms with Gasteiger partial charge in [0.15, 0.2) is 0 Å². The Bertz CT molecular complexity index is 238. The highest BCUT2D eigenvalue weighted by atomic mass is 16.2. The molecule has 0 aliphatic carbocycles. The highest BCUT2D eigenvalue weighted by molar-refractivity contribution is 5.99. The molecule has 0 aromatic heterocycles. The number of hydrogen-bond acceptors (Lipinski definition) is 3. The third-order valence-corrected chi connectivity index (χ3v) is 1.76. The first kappa shape index (κ1) is 8.75. The van der Waals surface area contributed by atoms with Crippen molar-refractivity contribution in [1.29, 1.82) is 0 Å². The summed E-state index contributed by atoms with van der Waals surface area (Å²) in [5.41, 5.74) is 0. The number of hydrogen-bond donors (Lipinski definition) is 1. The zero-order chi connectivity index (χ0) is 9.14. The van der Waals surface area contributed by atoms with Gasteiger partial charge in [-0.2, -0.15) is 0 Å². The molecular formula is C8H10N2O2. The van der Waals surface area contributed by atoms with Crippen molar-refractivity contribution in [2.75, 3.05) is 13.1 Å². The minimum Gasteiger partial charge on any atom is -0.294 e. The van der Waals surface area contributed by atoms with Crippen LogP contribution in [0.3, 0.4) is 0 Å². The van der Waals surface area contributed by atoms with Crippen molar-refractivity contribution in [1.82, 2.24) is 10.2 Å². The molecule has 0 aromatic rings. The Morgan fingerprint density at radius 3 is 2.42 bits per heavy atom. The van der Waals surface area contributed by atoms with E-state index in [-0.39, 0.29) is 30.9 Å². The average Bonchev–Trinajstić information content (AvgIpc) is 2.01. The van der Waals surface area contributed by atoms with Gasteiger partial charge in [-0.05, 0) is 6.92 Å². The summed E-state index contributed by atoms with van der Waals surface area (Å²) in [6.07, 6.45) is 5.16. The number of imide groups is 1. The minimum absolute atomic E-state index is 0.167. The summed E-state index contributed by atoms with van der Waals surface area (Å²) in [4.78, 5) is 23.4. The highest BCUT2D eigenvalue weighted by Gasteiger charge is 2.24. The molecule has 0 aromatic carbocycles. The van der Waals surface area contributed by atoms with Crippen molar-refractivity contribution in [3.05, 3.63) is 0 Å². The standard InChI is InChI=1S/C8H10N2O2/c1-3-6(2)10-4-7(11)9-8(12)5-10/h1,6H,4-5H2,2H3,(H,9,11,12). The maximum Gasteiger partial charge on any atom is 0.240 e. The fourth-order valence-electron chi connectivity index (χ4n) is 1.04. The molecule has 4 nitrogen and oxygen atoms in total. The Kier molecular flexibility index (Phi) is 2.46. The van der Waals surface area contributed by atoms with Gasteiger partial charge in [0, 0.05) is 0 Å². The van der Waals surface area contributed by atoms with Crippen LogP contribution in [0.25, 0.3) is 0 Å². The van der Waals surface area contributed by atoms with Crippen molar-refractivity contribution in [3.8, 4) is 12.3 Å². The topological polar surface area (TPSA) is 49.4 Å². The van der Waals surface area contributed by atoms with Crippen LogP contribution < -0.4 is 5.32 Å². The lowest BCUT2D eigenvalue weighted by Gasteiger charge is -2.27. The predicted molar refractivity (Wildman–Crippen MR) is 43.0 cm³/mol. The van der Waals surface area contributed by atoms with E-state index in [1.807, 2.05) is 0 Å². The molecule has 12 heavy (non-hydrogen) atoms. The zero-order valence-electron chi connectivity index (χ0n) is 6.83. The van der Waals surface area contributed by atoms with Gasteiger partial charge in [-0.3, -0.25) is 19.8 Å². The number of rotatable bonds is 1. The van der Waals surface area contributed by atoms with Gasteiger partial charge in [-0.15, -0.1) is 6.42 Å². The monoisotopic (exact) mass is 166 g/mol. The molecule has 1 rings (SSSR count). The van der Waals surface area contributed by atoms with Gasteiger partial charge in [0.1, 0.15) is 0 Å². The van der Waals surface area contributed by atoms with Crippen LogP contribution in [0.2, 0.25) is 0 Å². The summed E-state index contributed by atoms with van der Waals surface area (Å²) in [6, 6.07) is -0.167. The Balaban J connectivity index is 2.62. The lowest BCUT2D eigenvalue weighted by Crippen LogP contribution is -2.53. The van der Waals surface area contributed by atoms with E-state index in [0.717, 1.165) is 0 Å². The maximum absolute atomic E-state index is 10.9. The van der Waals surface area contributed by atoms with E-state index in [2.05, 4.69) is 11.2 Å². The fraction of sp³-hybridized carbons (Fsp3) is 0.500. The van der Waals surface area contributed by atoms with E-state index in [1.165, 1.54) is 0 Å². The number of terminal acetylenes is 1. The van der Waals surface area contributed by atoms with Crippen molar-refractivity contribution in [2.45, 2.75) is 13.0 Å². The number of piperazine rings is 1. The number of amides is 2. The van der Waals surface area contributed by atoms with Gasteiger partial charge in [0.2, 0.25) is 11.8 Å². The van der Waals surface area contributed by atoms with E-state index < -0.39 is 0 Å². The number of carbonyl (C=O) groups is 2. The number of carbonyl (C=O) groups excluding carboxylic acids is 2. The van der Waals surface area contributed by atoms with E-state index in [1.54, 1.807) is 11.8 Å². The first-order valence-corrected chi connectivity index (χ1v) is 3.66. The number of nitrogens with zero attached hydrogens (tertiary/aromatic N) is 1. The van der Waals surface area contributed by atoms with Crippen molar-refractivity contribution in [2.24, 2.45) is 0 Å². The fourth-order valence-corrected chi connectivity index (χ4v) is 1.04. The van der Waals surface area contributed by atoms with Gasteiger partial charge in [0.05, 0.1) is 19.1 Å². The Labute approximate surface area is 70.9 Å². The molecule has 2 amide bonds. The van der Waals surface area contributed by atoms with Gasteiger partial charge in [-0.25, -0.2) is 0 Å². The van der Waals surface area contributed by atoms with Gasteiger partial charge < -0.3 is 0 Å². The average molecular weight is 166 g/mol. The molecule has 64 valence electrons. The van der Waals surface area contributed by atoms with Crippen LogP contribution in [0.4, 0.5) is 0 Å². The molecule has 1 unspecified atom stereocenters. The van der Waals surface area contributed by atoms with Gasteiger partial charge in [0.25, 0.3) is 0 Å². The van der Waals surface area contributed by atoms with Crippen LogP contribution in [-0.4, -0.2) is 35.8 Å². The third kappa shape index (κ3) is 1.83. The molecule has 1 N–H and O–H groups in total. The molecule has 4 heteroatoms. The lowest BCUT2D eigenvalue weighted by atomic mass is 10.2. The SMILES string of the molecule is C#CC(C)N1CC(=O)NC(=O)C1. The largest absolute Gasteiger partial charge is 0.294 e. The van der Waals surface area contributed by atoms with Crippen molar-refractivity contribution < 1.29 is 9.59 Å². The van der Waals surface area contributed by atoms with Crippen molar-refractivity contribution >= 4 is 11.8 Å².